The summed E-state index contributed by atoms with van der Waals surface area (Å²) in [5, 5.41) is 3.17. The van der Waals surface area contributed by atoms with E-state index in [1.54, 1.807) is 18.3 Å². The van der Waals surface area contributed by atoms with Crippen LogP contribution in [0.2, 0.25) is 0 Å². The summed E-state index contributed by atoms with van der Waals surface area (Å²) in [6.45, 7) is 5.53. The van der Waals surface area contributed by atoms with Crippen molar-refractivity contribution in [1.29, 1.82) is 0 Å². The molecule has 0 aliphatic carbocycles. The molecule has 1 amide bonds. The molecule has 0 spiro atoms. The van der Waals surface area contributed by atoms with Gasteiger partial charge in [-0.15, -0.1) is 0 Å². The molecule has 0 unspecified atom stereocenters. The third-order valence-corrected chi connectivity index (χ3v) is 5.80. The van der Waals surface area contributed by atoms with Crippen molar-refractivity contribution in [3.63, 3.8) is 0 Å². The highest BCUT2D eigenvalue weighted by atomic mass is 19.1. The van der Waals surface area contributed by atoms with Crippen LogP contribution in [-0.2, 0) is 4.79 Å². The van der Waals surface area contributed by atoms with E-state index in [1.165, 1.54) is 17.7 Å². The number of nitrogens with zero attached hydrogens (tertiary/aromatic N) is 3. The topological polar surface area (TPSA) is 58.1 Å². The van der Waals surface area contributed by atoms with Crippen LogP contribution in [0.4, 0.5) is 10.2 Å². The van der Waals surface area contributed by atoms with Crippen molar-refractivity contribution in [3.8, 4) is 11.4 Å². The molecule has 0 radical (unpaired) electrons. The summed E-state index contributed by atoms with van der Waals surface area (Å²) in [5.74, 6) is 1.04. The number of anilines is 1. The molecule has 1 N–H and O–H groups in total. The molecule has 2 aromatic carbocycles. The maximum atomic E-state index is 13.2. The van der Waals surface area contributed by atoms with Gasteiger partial charge in [0, 0.05) is 24.8 Å². The Bertz CT molecular complexity index is 1040. The van der Waals surface area contributed by atoms with Crippen LogP contribution in [0.5, 0.6) is 0 Å². The van der Waals surface area contributed by atoms with Gasteiger partial charge in [-0.1, -0.05) is 29.8 Å². The lowest BCUT2D eigenvalue weighted by atomic mass is 9.96. The average Bonchev–Trinajstić information content (AvgIpc) is 2.80. The van der Waals surface area contributed by atoms with Crippen LogP contribution in [0.1, 0.15) is 36.9 Å². The van der Waals surface area contributed by atoms with Gasteiger partial charge in [0.2, 0.25) is 5.91 Å². The molecule has 1 fully saturated rings. The van der Waals surface area contributed by atoms with Crippen molar-refractivity contribution in [3.05, 3.63) is 77.7 Å². The standard InChI is InChI=1S/C25H27FN4O/c1-17-5-7-19(8-6-17)18(2)28-25(31)21-4-3-15-30(16-21)23-13-14-27-24(29-23)20-9-11-22(26)12-10-20/h5-14,18,21H,3-4,15-16H2,1-2H3,(H,28,31)/t18-,21+/m1/s1. The number of amides is 1. The fourth-order valence-electron chi connectivity index (χ4n) is 3.93. The molecule has 160 valence electrons. The summed E-state index contributed by atoms with van der Waals surface area (Å²) in [4.78, 5) is 24.1. The first kappa shape index (κ1) is 21.0. The van der Waals surface area contributed by atoms with Gasteiger partial charge in [-0.05, 0) is 62.6 Å². The minimum atomic E-state index is -0.287. The highest BCUT2D eigenvalue weighted by Gasteiger charge is 2.27. The molecule has 31 heavy (non-hydrogen) atoms. The number of halogens is 1. The van der Waals surface area contributed by atoms with E-state index in [-0.39, 0.29) is 23.7 Å². The summed E-state index contributed by atoms with van der Waals surface area (Å²) in [6.07, 6.45) is 3.50. The first-order chi connectivity index (χ1) is 15.0. The van der Waals surface area contributed by atoms with Crippen molar-refractivity contribution < 1.29 is 9.18 Å². The largest absolute Gasteiger partial charge is 0.356 e. The van der Waals surface area contributed by atoms with Crippen molar-refractivity contribution >= 4 is 11.7 Å². The quantitative estimate of drug-likeness (QED) is 0.653. The van der Waals surface area contributed by atoms with Gasteiger partial charge in [-0.3, -0.25) is 4.79 Å². The van der Waals surface area contributed by atoms with Crippen LogP contribution in [0.15, 0.2) is 60.8 Å². The lowest BCUT2D eigenvalue weighted by Crippen LogP contribution is -2.44. The van der Waals surface area contributed by atoms with E-state index in [1.807, 2.05) is 13.0 Å². The van der Waals surface area contributed by atoms with E-state index < -0.39 is 0 Å². The summed E-state index contributed by atoms with van der Waals surface area (Å²) >= 11 is 0. The van der Waals surface area contributed by atoms with E-state index >= 15 is 0 Å². The molecule has 5 nitrogen and oxygen atoms in total. The second kappa shape index (κ2) is 9.25. The zero-order valence-electron chi connectivity index (χ0n) is 17.9. The van der Waals surface area contributed by atoms with Crippen molar-refractivity contribution in [2.45, 2.75) is 32.7 Å². The predicted octanol–water partition coefficient (Wildman–Crippen LogP) is 4.68. The normalized spacial score (nSPS) is 17.3. The SMILES string of the molecule is Cc1ccc([C@@H](C)NC(=O)[C@H]2CCCN(c3ccnc(-c4ccc(F)cc4)n3)C2)cc1. The molecular weight excluding hydrogens is 391 g/mol. The fraction of sp³-hybridized carbons (Fsp3) is 0.320. The molecule has 3 aromatic rings. The van der Waals surface area contributed by atoms with E-state index in [0.717, 1.165) is 36.3 Å². The molecule has 2 atom stereocenters. The molecular formula is C25H27FN4O. The Kier molecular flexibility index (Phi) is 6.26. The molecule has 6 heteroatoms. The number of nitrogens with one attached hydrogen (secondary N) is 1. The second-order valence-corrected chi connectivity index (χ2v) is 8.17. The third-order valence-electron chi connectivity index (χ3n) is 5.80. The molecule has 1 aromatic heterocycles. The minimum absolute atomic E-state index is 0.0346. The number of carbonyl (C=O) groups is 1. The van der Waals surface area contributed by atoms with Gasteiger partial charge in [0.1, 0.15) is 11.6 Å². The second-order valence-electron chi connectivity index (χ2n) is 8.17. The number of hydrogen-bond donors (Lipinski definition) is 1. The summed E-state index contributed by atoms with van der Waals surface area (Å²) in [5.41, 5.74) is 3.07. The van der Waals surface area contributed by atoms with Gasteiger partial charge < -0.3 is 10.2 Å². The van der Waals surface area contributed by atoms with Gasteiger partial charge in [0.25, 0.3) is 0 Å². The average molecular weight is 419 g/mol. The molecule has 1 aliphatic heterocycles. The first-order valence-corrected chi connectivity index (χ1v) is 10.7. The summed E-state index contributed by atoms with van der Waals surface area (Å²) < 4.78 is 13.2. The number of carbonyl (C=O) groups excluding carboxylic acids is 1. The zero-order chi connectivity index (χ0) is 21.8. The monoisotopic (exact) mass is 418 g/mol. The zero-order valence-corrected chi connectivity index (χ0v) is 17.9. The Hall–Kier alpha value is -3.28. The van der Waals surface area contributed by atoms with Gasteiger partial charge >= 0.3 is 0 Å². The minimum Gasteiger partial charge on any atom is -0.356 e. The Morgan fingerprint density at radius 2 is 1.87 bits per heavy atom. The van der Waals surface area contributed by atoms with Crippen molar-refractivity contribution in [2.24, 2.45) is 5.92 Å². The number of rotatable bonds is 5. The summed E-state index contributed by atoms with van der Waals surface area (Å²) in [7, 11) is 0. The smallest absolute Gasteiger partial charge is 0.225 e. The Labute approximate surface area is 182 Å². The van der Waals surface area contributed by atoms with Gasteiger partial charge in [0.15, 0.2) is 5.82 Å². The first-order valence-electron chi connectivity index (χ1n) is 10.7. The number of piperidine rings is 1. The molecule has 0 bridgehead atoms. The number of aryl methyl sites for hydroxylation is 1. The van der Waals surface area contributed by atoms with Crippen molar-refractivity contribution in [2.75, 3.05) is 18.0 Å². The van der Waals surface area contributed by atoms with Crippen LogP contribution in [0.25, 0.3) is 11.4 Å². The molecule has 0 saturated carbocycles. The highest BCUT2D eigenvalue weighted by Crippen LogP contribution is 2.25. The number of hydrogen-bond acceptors (Lipinski definition) is 4. The predicted molar refractivity (Wildman–Crippen MR) is 120 cm³/mol. The van der Waals surface area contributed by atoms with E-state index in [4.69, 9.17) is 0 Å². The summed E-state index contributed by atoms with van der Waals surface area (Å²) in [6, 6.07) is 16.2. The van der Waals surface area contributed by atoms with Crippen LogP contribution >= 0.6 is 0 Å². The van der Waals surface area contributed by atoms with Gasteiger partial charge in [-0.2, -0.15) is 0 Å². The van der Waals surface area contributed by atoms with Crippen LogP contribution in [0, 0.1) is 18.7 Å². The molecule has 1 saturated heterocycles. The molecule has 4 rings (SSSR count). The lowest BCUT2D eigenvalue weighted by molar-refractivity contribution is -0.125. The molecule has 1 aliphatic rings. The van der Waals surface area contributed by atoms with Crippen molar-refractivity contribution in [1.82, 2.24) is 15.3 Å². The van der Waals surface area contributed by atoms with Gasteiger partial charge in [0.05, 0.1) is 12.0 Å². The number of benzene rings is 2. The van der Waals surface area contributed by atoms with E-state index in [2.05, 4.69) is 51.4 Å². The maximum absolute atomic E-state index is 13.2. The fourth-order valence-corrected chi connectivity index (χ4v) is 3.93. The van der Waals surface area contributed by atoms with E-state index in [9.17, 15) is 9.18 Å². The number of aromatic nitrogens is 2. The Morgan fingerprint density at radius 3 is 2.61 bits per heavy atom. The third kappa shape index (κ3) is 5.08. The van der Waals surface area contributed by atoms with Crippen LogP contribution in [0.3, 0.4) is 0 Å². The lowest BCUT2D eigenvalue weighted by Gasteiger charge is -2.33. The van der Waals surface area contributed by atoms with Gasteiger partial charge in [-0.25, -0.2) is 14.4 Å². The maximum Gasteiger partial charge on any atom is 0.225 e. The molecule has 2 heterocycles. The van der Waals surface area contributed by atoms with Crippen LogP contribution < -0.4 is 10.2 Å². The highest BCUT2D eigenvalue weighted by molar-refractivity contribution is 5.80. The van der Waals surface area contributed by atoms with E-state index in [0.29, 0.717) is 12.4 Å². The van der Waals surface area contributed by atoms with Crippen LogP contribution in [-0.4, -0.2) is 29.0 Å². The Morgan fingerprint density at radius 1 is 1.13 bits per heavy atom. The Balaban J connectivity index is 1.43.